The third-order valence-electron chi connectivity index (χ3n) is 4.58. The lowest BCUT2D eigenvalue weighted by Gasteiger charge is -2.05. The summed E-state index contributed by atoms with van der Waals surface area (Å²) in [6.07, 6.45) is 0. The monoisotopic (exact) mass is 526 g/mol. The van der Waals surface area contributed by atoms with E-state index in [0.717, 1.165) is 19.0 Å². The van der Waals surface area contributed by atoms with Crippen molar-refractivity contribution in [3.63, 3.8) is 0 Å². The first-order valence-corrected chi connectivity index (χ1v) is 12.1. The first-order chi connectivity index (χ1) is 15.4. The number of benzene rings is 2. The number of rotatable bonds is 5. The minimum absolute atomic E-state index is 0.174. The average Bonchev–Trinajstić information content (AvgIpc) is 3.34. The lowest BCUT2D eigenvalue weighted by molar-refractivity contribution is 0.102. The van der Waals surface area contributed by atoms with Gasteiger partial charge in [-0.3, -0.25) is 9.59 Å². The molecule has 1 amide bonds. The first-order valence-electron chi connectivity index (χ1n) is 9.54. The van der Waals surface area contributed by atoms with Gasteiger partial charge >= 0.3 is 0 Å². The summed E-state index contributed by atoms with van der Waals surface area (Å²) in [5.41, 5.74) is 3.06. The number of hydrogen-bond acceptors (Lipinski definition) is 7. The molecule has 0 atom stereocenters. The lowest BCUT2D eigenvalue weighted by atomic mass is 10.2. The Bertz CT molecular complexity index is 1540. The Kier molecular flexibility index (Phi) is 5.58. The molecule has 2 aromatic carbocycles. The molecular formula is C22H15BrN4O3S2. The van der Waals surface area contributed by atoms with Gasteiger partial charge < -0.3 is 9.84 Å². The molecule has 0 saturated carbocycles. The van der Waals surface area contributed by atoms with E-state index in [0.29, 0.717) is 34.1 Å². The molecule has 5 rings (SSSR count). The fourth-order valence-corrected chi connectivity index (χ4v) is 5.56. The molecule has 0 radical (unpaired) electrons. The summed E-state index contributed by atoms with van der Waals surface area (Å²) in [6, 6.07) is 16.1. The van der Waals surface area contributed by atoms with Crippen molar-refractivity contribution in [3.05, 3.63) is 86.4 Å². The van der Waals surface area contributed by atoms with Crippen molar-refractivity contribution in [1.82, 2.24) is 14.5 Å². The van der Waals surface area contributed by atoms with Gasteiger partial charge in [0.15, 0.2) is 9.99 Å². The highest BCUT2D eigenvalue weighted by molar-refractivity contribution is 9.10. The lowest BCUT2D eigenvalue weighted by Crippen LogP contribution is -2.12. The first kappa shape index (κ1) is 20.9. The second-order valence-electron chi connectivity index (χ2n) is 7.00. The third-order valence-corrected chi connectivity index (χ3v) is 7.27. The summed E-state index contributed by atoms with van der Waals surface area (Å²) in [6.45, 7) is 1.78. The maximum atomic E-state index is 12.5. The number of hydrogen-bond donors (Lipinski definition) is 1. The van der Waals surface area contributed by atoms with Crippen LogP contribution in [0.2, 0.25) is 0 Å². The molecule has 0 spiro atoms. The summed E-state index contributed by atoms with van der Waals surface area (Å²) in [5.74, 6) is 0.975. The molecule has 1 N–H and O–H groups in total. The van der Waals surface area contributed by atoms with E-state index < -0.39 is 0 Å². The molecule has 10 heteroatoms. The average molecular weight is 527 g/mol. The normalized spacial score (nSPS) is 11.3. The smallest absolute Gasteiger partial charge is 0.287 e. The SMILES string of the molecule is Cc1cc2nc(CSc3nc4ccc(NC(=O)c5cccc(Br)c5)cc4s3)cc(=O)n2o1. The number of fused-ring (bicyclic) bond motifs is 2. The van der Waals surface area contributed by atoms with Gasteiger partial charge in [0.25, 0.3) is 11.5 Å². The van der Waals surface area contributed by atoms with Gasteiger partial charge in [0, 0.05) is 33.6 Å². The molecule has 0 aliphatic heterocycles. The number of carbonyl (C=O) groups excluding carboxylic acids is 1. The van der Waals surface area contributed by atoms with Crippen molar-refractivity contribution in [3.8, 4) is 0 Å². The van der Waals surface area contributed by atoms with E-state index in [1.54, 1.807) is 25.1 Å². The number of nitrogens with one attached hydrogen (secondary N) is 1. The highest BCUT2D eigenvalue weighted by atomic mass is 79.9. The zero-order chi connectivity index (χ0) is 22.2. The Morgan fingerprint density at radius 1 is 1.19 bits per heavy atom. The summed E-state index contributed by atoms with van der Waals surface area (Å²) < 4.78 is 9.19. The minimum Gasteiger partial charge on any atom is -0.375 e. The Balaban J connectivity index is 1.32. The molecule has 0 unspecified atom stereocenters. The van der Waals surface area contributed by atoms with Gasteiger partial charge in [-0.1, -0.05) is 33.8 Å². The van der Waals surface area contributed by atoms with Crippen LogP contribution in [-0.2, 0) is 5.75 Å². The van der Waals surface area contributed by atoms with E-state index in [-0.39, 0.29) is 11.5 Å². The number of thiazole rings is 1. The van der Waals surface area contributed by atoms with E-state index in [1.807, 2.05) is 30.3 Å². The van der Waals surface area contributed by atoms with Gasteiger partial charge in [0.1, 0.15) is 5.76 Å². The van der Waals surface area contributed by atoms with Gasteiger partial charge in [0.05, 0.1) is 15.9 Å². The molecule has 7 nitrogen and oxygen atoms in total. The predicted molar refractivity (Wildman–Crippen MR) is 130 cm³/mol. The second kappa shape index (κ2) is 8.53. The van der Waals surface area contributed by atoms with E-state index in [9.17, 15) is 9.59 Å². The van der Waals surface area contributed by atoms with Crippen molar-refractivity contribution in [1.29, 1.82) is 0 Å². The van der Waals surface area contributed by atoms with Crippen LogP contribution >= 0.6 is 39.0 Å². The van der Waals surface area contributed by atoms with Crippen LogP contribution in [0.5, 0.6) is 0 Å². The fraction of sp³-hybridized carbons (Fsp3) is 0.0909. The summed E-state index contributed by atoms with van der Waals surface area (Å²) in [4.78, 5) is 33.8. The quantitative estimate of drug-likeness (QED) is 0.303. The second-order valence-corrected chi connectivity index (χ2v) is 10.2. The van der Waals surface area contributed by atoms with Crippen LogP contribution in [0.25, 0.3) is 15.9 Å². The Morgan fingerprint density at radius 3 is 2.91 bits per heavy atom. The molecule has 3 heterocycles. The highest BCUT2D eigenvalue weighted by Crippen LogP contribution is 2.32. The Morgan fingerprint density at radius 2 is 2.06 bits per heavy atom. The molecule has 160 valence electrons. The highest BCUT2D eigenvalue weighted by Gasteiger charge is 2.11. The molecule has 32 heavy (non-hydrogen) atoms. The maximum Gasteiger partial charge on any atom is 0.287 e. The number of amides is 1. The number of anilines is 1. The zero-order valence-corrected chi connectivity index (χ0v) is 19.9. The van der Waals surface area contributed by atoms with Crippen LogP contribution in [0, 0.1) is 6.92 Å². The van der Waals surface area contributed by atoms with E-state index >= 15 is 0 Å². The Hall–Kier alpha value is -2.95. The number of aromatic nitrogens is 3. The number of halogens is 1. The van der Waals surface area contributed by atoms with Crippen molar-refractivity contribution < 1.29 is 9.32 Å². The van der Waals surface area contributed by atoms with E-state index in [4.69, 9.17) is 4.52 Å². The Labute approximate surface area is 198 Å². The van der Waals surface area contributed by atoms with Crippen molar-refractivity contribution in [2.75, 3.05) is 5.32 Å². The van der Waals surface area contributed by atoms with E-state index in [2.05, 4.69) is 31.2 Å². The molecule has 0 saturated heterocycles. The van der Waals surface area contributed by atoms with Crippen molar-refractivity contribution in [2.24, 2.45) is 0 Å². The minimum atomic E-state index is -0.242. The van der Waals surface area contributed by atoms with Gasteiger partial charge in [-0.15, -0.1) is 15.9 Å². The molecule has 0 bridgehead atoms. The van der Waals surface area contributed by atoms with Crippen LogP contribution in [0.15, 0.2) is 72.7 Å². The number of nitrogens with zero attached hydrogens (tertiary/aromatic N) is 3. The fourth-order valence-electron chi connectivity index (χ4n) is 3.16. The van der Waals surface area contributed by atoms with Gasteiger partial charge in [-0.25, -0.2) is 9.97 Å². The number of carbonyl (C=O) groups is 1. The van der Waals surface area contributed by atoms with Crippen LogP contribution in [0.1, 0.15) is 21.8 Å². The standard InChI is InChI=1S/C22H15BrN4O3S2/c1-12-7-19-24-16(10-20(28)27(19)30-12)11-31-22-26-17-6-5-15(9-18(17)32-22)25-21(29)13-3-2-4-14(23)8-13/h2-10H,11H2,1H3,(H,25,29). The molecule has 3 aromatic heterocycles. The van der Waals surface area contributed by atoms with E-state index in [1.165, 1.54) is 33.7 Å². The third kappa shape index (κ3) is 4.34. The summed E-state index contributed by atoms with van der Waals surface area (Å²) in [7, 11) is 0. The predicted octanol–water partition coefficient (Wildman–Crippen LogP) is 5.51. The zero-order valence-electron chi connectivity index (χ0n) is 16.7. The van der Waals surface area contributed by atoms with Crippen LogP contribution < -0.4 is 10.9 Å². The largest absolute Gasteiger partial charge is 0.375 e. The molecule has 5 aromatic rings. The number of aryl methyl sites for hydroxylation is 1. The molecule has 0 aliphatic carbocycles. The summed E-state index contributed by atoms with van der Waals surface area (Å²) >= 11 is 6.43. The van der Waals surface area contributed by atoms with Crippen molar-refractivity contribution in [2.45, 2.75) is 17.0 Å². The molecule has 0 aliphatic rings. The summed E-state index contributed by atoms with van der Waals surface area (Å²) in [5, 5.41) is 2.93. The molecular weight excluding hydrogens is 512 g/mol. The van der Waals surface area contributed by atoms with Gasteiger partial charge in [-0.2, -0.15) is 0 Å². The van der Waals surface area contributed by atoms with Gasteiger partial charge in [-0.05, 0) is 43.3 Å². The number of thioether (sulfide) groups is 1. The van der Waals surface area contributed by atoms with Crippen LogP contribution in [0.4, 0.5) is 5.69 Å². The van der Waals surface area contributed by atoms with Crippen LogP contribution in [-0.4, -0.2) is 20.4 Å². The topological polar surface area (TPSA) is 89.5 Å². The van der Waals surface area contributed by atoms with Gasteiger partial charge in [0.2, 0.25) is 0 Å². The van der Waals surface area contributed by atoms with Crippen LogP contribution in [0.3, 0.4) is 0 Å². The molecule has 0 fully saturated rings. The van der Waals surface area contributed by atoms with Crippen molar-refractivity contribution >= 4 is 66.5 Å². The maximum absolute atomic E-state index is 12.5.